The van der Waals surface area contributed by atoms with Gasteiger partial charge in [-0.3, -0.25) is 14.6 Å². The maximum absolute atomic E-state index is 13.2. The monoisotopic (exact) mass is 370 g/mol. The highest BCUT2D eigenvalue weighted by atomic mass is 16.5. The number of fused-ring (bicyclic) bond motifs is 3. The van der Waals surface area contributed by atoms with E-state index in [1.54, 1.807) is 16.7 Å². The second-order valence-electron chi connectivity index (χ2n) is 6.63. The van der Waals surface area contributed by atoms with Crippen LogP contribution in [0.15, 0.2) is 41.6 Å². The highest BCUT2D eigenvalue weighted by Crippen LogP contribution is 2.49. The lowest BCUT2D eigenvalue weighted by Gasteiger charge is -2.29. The summed E-state index contributed by atoms with van der Waals surface area (Å²) >= 11 is 0. The molecule has 27 heavy (non-hydrogen) atoms. The van der Waals surface area contributed by atoms with Crippen LogP contribution in [0.2, 0.25) is 0 Å². The molecule has 2 aliphatic heterocycles. The van der Waals surface area contributed by atoms with Gasteiger partial charge < -0.3 is 19.3 Å². The highest BCUT2D eigenvalue weighted by Gasteiger charge is 2.58. The third-order valence-corrected chi connectivity index (χ3v) is 5.41. The third-order valence-electron chi connectivity index (χ3n) is 5.41. The molecular formula is C18H18N4O5. The first-order chi connectivity index (χ1) is 13.1. The number of carbonyl (C=O) groups is 2. The van der Waals surface area contributed by atoms with Crippen molar-refractivity contribution in [3.8, 4) is 0 Å². The normalized spacial score (nSPS) is 25.8. The van der Waals surface area contributed by atoms with Crippen LogP contribution < -0.4 is 5.56 Å². The number of amides is 1. The van der Waals surface area contributed by atoms with E-state index in [2.05, 4.69) is 9.97 Å². The van der Waals surface area contributed by atoms with Crippen LogP contribution in [0.4, 0.5) is 0 Å². The molecule has 0 aliphatic carbocycles. The molecule has 1 amide bonds. The standard InChI is InChI=1S/C18H18N4O5/c1-27-18(26)16-11(9-23)10-8-21-13(3-2-4-14(21)24)15(10)22(16)17(25)12-7-19-5-6-20-12/h2-7,10-11,15-16,23H,8-9H2,1H3/t10-,11-,15+,16-/m0/s1. The average molecular weight is 370 g/mol. The van der Waals surface area contributed by atoms with Gasteiger partial charge in [-0.25, -0.2) is 9.78 Å². The van der Waals surface area contributed by atoms with Crippen LogP contribution in [0.1, 0.15) is 22.2 Å². The number of nitrogens with zero attached hydrogens (tertiary/aromatic N) is 4. The maximum atomic E-state index is 13.2. The van der Waals surface area contributed by atoms with Gasteiger partial charge in [0.2, 0.25) is 0 Å². The number of hydrogen-bond acceptors (Lipinski definition) is 7. The second-order valence-corrected chi connectivity index (χ2v) is 6.63. The van der Waals surface area contributed by atoms with E-state index in [1.165, 1.54) is 36.7 Å². The second kappa shape index (κ2) is 6.58. The van der Waals surface area contributed by atoms with Gasteiger partial charge >= 0.3 is 5.97 Å². The zero-order valence-electron chi connectivity index (χ0n) is 14.6. The Bertz CT molecular complexity index is 944. The number of ether oxygens (including phenoxy) is 1. The fourth-order valence-electron chi connectivity index (χ4n) is 4.29. The molecule has 4 heterocycles. The van der Waals surface area contributed by atoms with Crippen molar-refractivity contribution in [2.45, 2.75) is 18.6 Å². The highest BCUT2D eigenvalue weighted by molar-refractivity contribution is 5.96. The summed E-state index contributed by atoms with van der Waals surface area (Å²) in [5.41, 5.74) is 0.537. The van der Waals surface area contributed by atoms with E-state index < -0.39 is 29.9 Å². The van der Waals surface area contributed by atoms with Crippen LogP contribution in [0.25, 0.3) is 0 Å². The third kappa shape index (κ3) is 2.54. The summed E-state index contributed by atoms with van der Waals surface area (Å²) in [5, 5.41) is 9.99. The minimum absolute atomic E-state index is 0.0838. The van der Waals surface area contributed by atoms with Crippen molar-refractivity contribution in [3.05, 3.63) is 58.5 Å². The molecule has 2 aromatic rings. The Hall–Kier alpha value is -3.07. The molecule has 2 aromatic heterocycles. The maximum Gasteiger partial charge on any atom is 0.329 e. The minimum Gasteiger partial charge on any atom is -0.467 e. The number of aliphatic hydroxyl groups excluding tert-OH is 1. The number of carbonyl (C=O) groups excluding carboxylic acids is 2. The summed E-state index contributed by atoms with van der Waals surface area (Å²) in [6.07, 6.45) is 4.16. The van der Waals surface area contributed by atoms with Gasteiger partial charge in [0.05, 0.1) is 19.3 Å². The van der Waals surface area contributed by atoms with E-state index in [0.29, 0.717) is 12.2 Å². The molecule has 1 fully saturated rings. The van der Waals surface area contributed by atoms with E-state index >= 15 is 0 Å². The fourth-order valence-corrected chi connectivity index (χ4v) is 4.29. The van der Waals surface area contributed by atoms with Gasteiger partial charge in [0.15, 0.2) is 0 Å². The number of aliphatic hydroxyl groups is 1. The van der Waals surface area contributed by atoms with Crippen LogP contribution in [0.3, 0.4) is 0 Å². The number of likely N-dealkylation sites (tertiary alicyclic amines) is 1. The van der Waals surface area contributed by atoms with E-state index in [-0.39, 0.29) is 23.8 Å². The Labute approximate surface area is 154 Å². The summed E-state index contributed by atoms with van der Waals surface area (Å²) in [6, 6.07) is 3.34. The largest absolute Gasteiger partial charge is 0.467 e. The van der Waals surface area contributed by atoms with Crippen LogP contribution in [-0.4, -0.2) is 56.2 Å². The van der Waals surface area contributed by atoms with Crippen molar-refractivity contribution in [2.24, 2.45) is 11.8 Å². The number of methoxy groups -OCH3 is 1. The van der Waals surface area contributed by atoms with E-state index in [4.69, 9.17) is 4.74 Å². The molecule has 9 heteroatoms. The lowest BCUT2D eigenvalue weighted by molar-refractivity contribution is -0.147. The molecule has 2 aliphatic rings. The van der Waals surface area contributed by atoms with Crippen LogP contribution >= 0.6 is 0 Å². The summed E-state index contributed by atoms with van der Waals surface area (Å²) in [5.74, 6) is -1.93. The average Bonchev–Trinajstić information content (AvgIpc) is 3.23. The van der Waals surface area contributed by atoms with Crippen molar-refractivity contribution in [3.63, 3.8) is 0 Å². The molecule has 0 aromatic carbocycles. The fraction of sp³-hybridized carbons (Fsp3) is 0.389. The summed E-state index contributed by atoms with van der Waals surface area (Å²) in [7, 11) is 1.24. The Morgan fingerprint density at radius 2 is 2.15 bits per heavy atom. The van der Waals surface area contributed by atoms with E-state index in [0.717, 1.165) is 0 Å². The van der Waals surface area contributed by atoms with Gasteiger partial charge in [0, 0.05) is 49.1 Å². The number of rotatable bonds is 3. The molecule has 140 valence electrons. The molecule has 1 N–H and O–H groups in total. The summed E-state index contributed by atoms with van der Waals surface area (Å²) in [4.78, 5) is 47.3. The molecule has 9 nitrogen and oxygen atoms in total. The molecule has 0 radical (unpaired) electrons. The number of hydrogen-bond donors (Lipinski definition) is 1. The topological polar surface area (TPSA) is 115 Å². The molecule has 0 saturated carbocycles. The van der Waals surface area contributed by atoms with Crippen molar-refractivity contribution >= 4 is 11.9 Å². The zero-order chi connectivity index (χ0) is 19.1. The lowest BCUT2D eigenvalue weighted by Crippen LogP contribution is -2.46. The predicted octanol–water partition coefficient (Wildman–Crippen LogP) is -0.385. The number of aromatic nitrogens is 3. The molecule has 0 unspecified atom stereocenters. The number of pyridine rings is 1. The van der Waals surface area contributed by atoms with E-state index in [9.17, 15) is 19.5 Å². The minimum atomic E-state index is -0.964. The first-order valence-electron chi connectivity index (χ1n) is 8.55. The van der Waals surface area contributed by atoms with Gasteiger partial charge in [-0.2, -0.15) is 0 Å². The molecule has 0 spiro atoms. The quantitative estimate of drug-likeness (QED) is 0.732. The van der Waals surface area contributed by atoms with Gasteiger partial charge in [0.1, 0.15) is 11.7 Å². The molecule has 1 saturated heterocycles. The Morgan fingerprint density at radius 1 is 1.33 bits per heavy atom. The van der Waals surface area contributed by atoms with Gasteiger partial charge in [0.25, 0.3) is 11.5 Å². The number of esters is 1. The van der Waals surface area contributed by atoms with Crippen LogP contribution in [-0.2, 0) is 16.1 Å². The molecular weight excluding hydrogens is 352 g/mol. The van der Waals surface area contributed by atoms with Gasteiger partial charge in [-0.15, -0.1) is 0 Å². The summed E-state index contributed by atoms with van der Waals surface area (Å²) in [6.45, 7) is 0.0105. The first-order valence-corrected chi connectivity index (χ1v) is 8.55. The van der Waals surface area contributed by atoms with Crippen LogP contribution in [0, 0.1) is 11.8 Å². The van der Waals surface area contributed by atoms with E-state index in [1.807, 2.05) is 0 Å². The predicted molar refractivity (Wildman–Crippen MR) is 91.5 cm³/mol. The van der Waals surface area contributed by atoms with Crippen molar-refractivity contribution < 1.29 is 19.4 Å². The zero-order valence-corrected chi connectivity index (χ0v) is 14.6. The molecule has 4 rings (SSSR count). The lowest BCUT2D eigenvalue weighted by atomic mass is 9.88. The SMILES string of the molecule is COC(=O)[C@@H]1[C@@H](CO)[C@@H]2Cn3c(cccc3=O)[C@@H]2N1C(=O)c1cnccn1. The Morgan fingerprint density at radius 3 is 2.81 bits per heavy atom. The smallest absolute Gasteiger partial charge is 0.329 e. The first kappa shape index (κ1) is 17.3. The molecule has 4 atom stereocenters. The molecule has 0 bridgehead atoms. The van der Waals surface area contributed by atoms with Gasteiger partial charge in [-0.1, -0.05) is 6.07 Å². The van der Waals surface area contributed by atoms with Crippen molar-refractivity contribution in [1.29, 1.82) is 0 Å². The van der Waals surface area contributed by atoms with Gasteiger partial charge in [-0.05, 0) is 6.07 Å². The van der Waals surface area contributed by atoms with Crippen molar-refractivity contribution in [2.75, 3.05) is 13.7 Å². The Balaban J connectivity index is 1.86. The Kier molecular flexibility index (Phi) is 4.23. The van der Waals surface area contributed by atoms with Crippen LogP contribution in [0.5, 0.6) is 0 Å². The summed E-state index contributed by atoms with van der Waals surface area (Å²) < 4.78 is 6.50. The van der Waals surface area contributed by atoms with Crippen molar-refractivity contribution in [1.82, 2.24) is 19.4 Å².